The van der Waals surface area contributed by atoms with Gasteiger partial charge in [-0.2, -0.15) is 18.4 Å². The van der Waals surface area contributed by atoms with Gasteiger partial charge in [-0.3, -0.25) is 0 Å². The van der Waals surface area contributed by atoms with Gasteiger partial charge < -0.3 is 4.74 Å². The molecule has 112 valence electrons. The number of halogens is 3. The SMILES string of the molecule is CCCCOC(=O)/C(C#N)=C\c1cccc(C(F)(F)F)c1. The summed E-state index contributed by atoms with van der Waals surface area (Å²) in [6, 6.07) is 6.03. The van der Waals surface area contributed by atoms with Crippen LogP contribution in [0.15, 0.2) is 29.8 Å². The van der Waals surface area contributed by atoms with Crippen LogP contribution in [0.25, 0.3) is 6.08 Å². The minimum atomic E-state index is -4.47. The minimum absolute atomic E-state index is 0.119. The first kappa shape index (κ1) is 16.8. The number of esters is 1. The number of carbonyl (C=O) groups is 1. The van der Waals surface area contributed by atoms with Crippen molar-refractivity contribution in [3.05, 3.63) is 41.0 Å². The van der Waals surface area contributed by atoms with Crippen LogP contribution < -0.4 is 0 Å². The minimum Gasteiger partial charge on any atom is -0.462 e. The average Bonchev–Trinajstić information content (AvgIpc) is 2.44. The first-order valence-electron chi connectivity index (χ1n) is 6.34. The van der Waals surface area contributed by atoms with Crippen molar-refractivity contribution < 1.29 is 22.7 Å². The molecule has 0 aliphatic carbocycles. The lowest BCUT2D eigenvalue weighted by Crippen LogP contribution is -2.08. The molecule has 0 aromatic heterocycles. The second-order valence-corrected chi connectivity index (χ2v) is 4.28. The van der Waals surface area contributed by atoms with Crippen molar-refractivity contribution in [3.63, 3.8) is 0 Å². The number of ether oxygens (including phenoxy) is 1. The van der Waals surface area contributed by atoms with Crippen LogP contribution >= 0.6 is 0 Å². The number of carbonyl (C=O) groups excluding carboxylic acids is 1. The van der Waals surface area contributed by atoms with Gasteiger partial charge in [0.25, 0.3) is 0 Å². The number of nitriles is 1. The highest BCUT2D eigenvalue weighted by Crippen LogP contribution is 2.29. The Balaban J connectivity index is 2.93. The van der Waals surface area contributed by atoms with E-state index >= 15 is 0 Å². The van der Waals surface area contributed by atoms with E-state index in [1.165, 1.54) is 12.1 Å². The zero-order chi connectivity index (χ0) is 15.9. The predicted octanol–water partition coefficient (Wildman–Crippen LogP) is 3.96. The monoisotopic (exact) mass is 297 g/mol. The van der Waals surface area contributed by atoms with Crippen molar-refractivity contribution in [1.29, 1.82) is 5.26 Å². The molecule has 0 atom stereocenters. The highest BCUT2D eigenvalue weighted by atomic mass is 19.4. The van der Waals surface area contributed by atoms with E-state index in [4.69, 9.17) is 10.00 Å². The average molecular weight is 297 g/mol. The molecule has 0 amide bonds. The van der Waals surface area contributed by atoms with Gasteiger partial charge in [-0.1, -0.05) is 25.5 Å². The molecule has 0 aliphatic heterocycles. The Hall–Kier alpha value is -2.29. The molecule has 0 saturated carbocycles. The largest absolute Gasteiger partial charge is 0.462 e. The molecule has 0 heterocycles. The highest BCUT2D eigenvalue weighted by Gasteiger charge is 2.30. The smallest absolute Gasteiger partial charge is 0.416 e. The maximum absolute atomic E-state index is 12.6. The summed E-state index contributed by atoms with van der Waals surface area (Å²) in [5.74, 6) is -0.830. The quantitative estimate of drug-likeness (QED) is 0.358. The molecule has 6 heteroatoms. The third kappa shape index (κ3) is 5.30. The van der Waals surface area contributed by atoms with Crippen LogP contribution in [0.5, 0.6) is 0 Å². The number of benzene rings is 1. The molecule has 0 radical (unpaired) electrons. The molecule has 21 heavy (non-hydrogen) atoms. The summed E-state index contributed by atoms with van der Waals surface area (Å²) in [6.07, 6.45) is -1.90. The summed E-state index contributed by atoms with van der Waals surface area (Å²) in [5.41, 5.74) is -1.05. The third-order valence-electron chi connectivity index (χ3n) is 2.60. The number of hydrogen-bond donors (Lipinski definition) is 0. The molecule has 3 nitrogen and oxygen atoms in total. The Morgan fingerprint density at radius 2 is 2.14 bits per heavy atom. The maximum Gasteiger partial charge on any atom is 0.416 e. The van der Waals surface area contributed by atoms with Crippen LogP contribution in [0, 0.1) is 11.3 Å². The Morgan fingerprint density at radius 1 is 1.43 bits per heavy atom. The Kier molecular flexibility index (Phi) is 5.97. The first-order valence-corrected chi connectivity index (χ1v) is 6.34. The van der Waals surface area contributed by atoms with E-state index in [1.54, 1.807) is 6.07 Å². The maximum atomic E-state index is 12.6. The van der Waals surface area contributed by atoms with Gasteiger partial charge in [0, 0.05) is 0 Å². The Morgan fingerprint density at radius 3 is 2.71 bits per heavy atom. The van der Waals surface area contributed by atoms with E-state index in [9.17, 15) is 18.0 Å². The lowest BCUT2D eigenvalue weighted by Gasteiger charge is -2.07. The van der Waals surface area contributed by atoms with Gasteiger partial charge in [-0.25, -0.2) is 4.79 Å². The van der Waals surface area contributed by atoms with E-state index in [0.717, 1.165) is 24.6 Å². The van der Waals surface area contributed by atoms with Crippen LogP contribution in [0.1, 0.15) is 30.9 Å². The van der Waals surface area contributed by atoms with Crippen LogP contribution in [-0.4, -0.2) is 12.6 Å². The third-order valence-corrected chi connectivity index (χ3v) is 2.60. The van der Waals surface area contributed by atoms with Crippen molar-refractivity contribution in [2.24, 2.45) is 0 Å². The van der Waals surface area contributed by atoms with Crippen molar-refractivity contribution in [2.45, 2.75) is 25.9 Å². The van der Waals surface area contributed by atoms with Crippen molar-refractivity contribution in [2.75, 3.05) is 6.61 Å². The fourth-order valence-electron chi connectivity index (χ4n) is 1.50. The number of rotatable bonds is 5. The standard InChI is InChI=1S/C15H14F3NO2/c1-2-3-7-21-14(20)12(10-19)8-11-5-4-6-13(9-11)15(16,17)18/h4-6,8-9H,2-3,7H2,1H3/b12-8-. The first-order chi connectivity index (χ1) is 9.88. The lowest BCUT2D eigenvalue weighted by molar-refractivity contribution is -0.139. The summed E-state index contributed by atoms with van der Waals surface area (Å²) in [5, 5.41) is 8.90. The molecule has 0 aliphatic rings. The molecule has 0 bridgehead atoms. The Bertz CT molecular complexity index is 571. The van der Waals surface area contributed by atoms with E-state index < -0.39 is 17.7 Å². The number of unbranched alkanes of at least 4 members (excludes halogenated alkanes) is 1. The van der Waals surface area contributed by atoms with Gasteiger partial charge in [-0.15, -0.1) is 0 Å². The normalized spacial score (nSPS) is 11.9. The van der Waals surface area contributed by atoms with E-state index in [0.29, 0.717) is 6.42 Å². The van der Waals surface area contributed by atoms with Crippen LogP contribution in [0.2, 0.25) is 0 Å². The Labute approximate surface area is 120 Å². The van der Waals surface area contributed by atoms with Gasteiger partial charge in [0.15, 0.2) is 0 Å². The number of alkyl halides is 3. The van der Waals surface area contributed by atoms with E-state index in [1.807, 2.05) is 6.92 Å². The molecule has 1 aromatic rings. The lowest BCUT2D eigenvalue weighted by atomic mass is 10.1. The van der Waals surface area contributed by atoms with Gasteiger partial charge >= 0.3 is 12.1 Å². The molecule has 0 N–H and O–H groups in total. The molecular formula is C15H14F3NO2. The van der Waals surface area contributed by atoms with Crippen LogP contribution in [0.3, 0.4) is 0 Å². The zero-order valence-electron chi connectivity index (χ0n) is 11.4. The molecule has 1 aromatic carbocycles. The van der Waals surface area contributed by atoms with E-state index in [-0.39, 0.29) is 17.7 Å². The molecule has 1 rings (SSSR count). The fraction of sp³-hybridized carbons (Fsp3) is 0.333. The van der Waals surface area contributed by atoms with Gasteiger partial charge in [0.05, 0.1) is 12.2 Å². The summed E-state index contributed by atoms with van der Waals surface area (Å²) in [6.45, 7) is 2.09. The molecule has 0 fully saturated rings. The molecule has 0 spiro atoms. The van der Waals surface area contributed by atoms with E-state index in [2.05, 4.69) is 0 Å². The fourth-order valence-corrected chi connectivity index (χ4v) is 1.50. The van der Waals surface area contributed by atoms with Gasteiger partial charge in [-0.05, 0) is 30.2 Å². The second-order valence-electron chi connectivity index (χ2n) is 4.28. The topological polar surface area (TPSA) is 50.1 Å². The molecular weight excluding hydrogens is 283 g/mol. The van der Waals surface area contributed by atoms with Crippen LogP contribution in [-0.2, 0) is 15.7 Å². The van der Waals surface area contributed by atoms with Crippen molar-refractivity contribution in [1.82, 2.24) is 0 Å². The molecule has 0 saturated heterocycles. The predicted molar refractivity (Wildman–Crippen MR) is 70.9 cm³/mol. The highest BCUT2D eigenvalue weighted by molar-refractivity contribution is 5.97. The van der Waals surface area contributed by atoms with Crippen molar-refractivity contribution in [3.8, 4) is 6.07 Å². The second kappa shape index (κ2) is 7.48. The van der Waals surface area contributed by atoms with Crippen LogP contribution in [0.4, 0.5) is 13.2 Å². The van der Waals surface area contributed by atoms with Gasteiger partial charge in [0.2, 0.25) is 0 Å². The number of hydrogen-bond acceptors (Lipinski definition) is 3. The van der Waals surface area contributed by atoms with Gasteiger partial charge in [0.1, 0.15) is 11.6 Å². The summed E-state index contributed by atoms with van der Waals surface area (Å²) >= 11 is 0. The van der Waals surface area contributed by atoms with Crippen molar-refractivity contribution >= 4 is 12.0 Å². The summed E-state index contributed by atoms with van der Waals surface area (Å²) in [4.78, 5) is 11.6. The zero-order valence-corrected chi connectivity index (χ0v) is 11.4. The molecule has 0 unspecified atom stereocenters. The summed E-state index contributed by atoms with van der Waals surface area (Å²) in [7, 11) is 0. The summed E-state index contributed by atoms with van der Waals surface area (Å²) < 4.78 is 42.6. The number of nitrogens with zero attached hydrogens (tertiary/aromatic N) is 1.